The number of anilines is 2. The first-order valence-corrected chi connectivity index (χ1v) is 10.8. The third-order valence-electron chi connectivity index (χ3n) is 4.81. The van der Waals surface area contributed by atoms with Crippen molar-refractivity contribution in [2.24, 2.45) is 0 Å². The van der Waals surface area contributed by atoms with Gasteiger partial charge in [0.15, 0.2) is 5.13 Å². The fourth-order valence-corrected chi connectivity index (χ4v) is 4.18. The lowest BCUT2D eigenvalue weighted by Gasteiger charge is -2.17. The van der Waals surface area contributed by atoms with E-state index in [0.717, 1.165) is 11.1 Å². The summed E-state index contributed by atoms with van der Waals surface area (Å²) in [5, 5.41) is 7.51. The molecule has 1 N–H and O–H groups in total. The average Bonchev–Trinajstić information content (AvgIpc) is 3.43. The molecule has 2 aromatic heterocycles. The molecule has 32 heavy (non-hydrogen) atoms. The summed E-state index contributed by atoms with van der Waals surface area (Å²) in [5.41, 5.74) is 3.30. The predicted molar refractivity (Wildman–Crippen MR) is 124 cm³/mol. The number of nitrogens with one attached hydrogen (secondary N) is 1. The highest BCUT2D eigenvalue weighted by atomic mass is 32.1. The van der Waals surface area contributed by atoms with Crippen LogP contribution in [0.25, 0.3) is 0 Å². The van der Waals surface area contributed by atoms with E-state index < -0.39 is 0 Å². The molecule has 0 unspecified atom stereocenters. The van der Waals surface area contributed by atoms with Crippen molar-refractivity contribution in [1.29, 1.82) is 0 Å². The van der Waals surface area contributed by atoms with Gasteiger partial charge in [0.25, 0.3) is 5.91 Å². The maximum Gasteiger partial charge on any atom is 0.267 e. The van der Waals surface area contributed by atoms with Gasteiger partial charge in [-0.25, -0.2) is 14.6 Å². The minimum Gasteiger partial charge on any atom is -0.321 e. The number of amides is 2. The summed E-state index contributed by atoms with van der Waals surface area (Å²) in [4.78, 5) is 35.6. The van der Waals surface area contributed by atoms with Gasteiger partial charge in [0.1, 0.15) is 17.5 Å². The monoisotopic (exact) mass is 446 g/mol. The van der Waals surface area contributed by atoms with E-state index in [2.05, 4.69) is 20.4 Å². The standard InChI is InChI=1S/C23H22N6O2S/c1-16-21(32-23(26-16)29(17(2)30)13-18-6-4-3-5-7-18)22(31)27-20-10-8-19(9-11-20)12-28-15-24-14-25-28/h3-11,14-15H,12-13H2,1-2H3,(H,27,31). The molecule has 0 saturated heterocycles. The number of hydrogen-bond donors (Lipinski definition) is 1. The maximum absolute atomic E-state index is 12.9. The summed E-state index contributed by atoms with van der Waals surface area (Å²) >= 11 is 1.21. The topological polar surface area (TPSA) is 93.0 Å². The number of benzene rings is 2. The summed E-state index contributed by atoms with van der Waals surface area (Å²) < 4.78 is 1.73. The van der Waals surface area contributed by atoms with Crippen LogP contribution in [0.15, 0.2) is 67.3 Å². The van der Waals surface area contributed by atoms with Gasteiger partial charge in [-0.15, -0.1) is 0 Å². The zero-order valence-corrected chi connectivity index (χ0v) is 18.5. The molecule has 4 rings (SSSR count). The highest BCUT2D eigenvalue weighted by Gasteiger charge is 2.21. The molecular formula is C23H22N6O2S. The van der Waals surface area contributed by atoms with Crippen LogP contribution >= 0.6 is 11.3 Å². The number of carbonyl (C=O) groups is 2. The summed E-state index contributed by atoms with van der Waals surface area (Å²) in [5.74, 6) is -0.379. The minimum atomic E-state index is -0.251. The first-order valence-electron chi connectivity index (χ1n) is 10.0. The highest BCUT2D eigenvalue weighted by molar-refractivity contribution is 7.17. The van der Waals surface area contributed by atoms with Gasteiger partial charge < -0.3 is 5.32 Å². The second-order valence-electron chi connectivity index (χ2n) is 7.25. The Kier molecular flexibility index (Phi) is 6.37. The number of hydrogen-bond acceptors (Lipinski definition) is 6. The number of thiazole rings is 1. The van der Waals surface area contributed by atoms with Crippen LogP contribution in [-0.4, -0.2) is 31.6 Å². The van der Waals surface area contributed by atoms with Crippen molar-refractivity contribution in [3.05, 3.63) is 88.9 Å². The molecular weight excluding hydrogens is 424 g/mol. The molecule has 0 aliphatic rings. The van der Waals surface area contributed by atoms with E-state index >= 15 is 0 Å². The Morgan fingerprint density at radius 2 is 1.81 bits per heavy atom. The van der Waals surface area contributed by atoms with Gasteiger partial charge in [0, 0.05) is 12.6 Å². The zero-order chi connectivity index (χ0) is 22.5. The molecule has 2 heterocycles. The van der Waals surface area contributed by atoms with Gasteiger partial charge in [-0.1, -0.05) is 53.8 Å². The lowest BCUT2D eigenvalue weighted by Crippen LogP contribution is -2.27. The van der Waals surface area contributed by atoms with Crippen LogP contribution in [0.2, 0.25) is 0 Å². The van der Waals surface area contributed by atoms with Gasteiger partial charge in [-0.2, -0.15) is 5.10 Å². The molecule has 0 saturated carbocycles. The molecule has 8 nitrogen and oxygen atoms in total. The Morgan fingerprint density at radius 1 is 1.06 bits per heavy atom. The number of nitrogens with zero attached hydrogens (tertiary/aromatic N) is 5. The average molecular weight is 447 g/mol. The summed E-state index contributed by atoms with van der Waals surface area (Å²) in [6, 6.07) is 17.2. The van der Waals surface area contributed by atoms with E-state index in [1.807, 2.05) is 54.6 Å². The second-order valence-corrected chi connectivity index (χ2v) is 8.22. The first-order chi connectivity index (χ1) is 15.5. The van der Waals surface area contributed by atoms with Crippen LogP contribution in [0.1, 0.15) is 33.4 Å². The van der Waals surface area contributed by atoms with Crippen molar-refractivity contribution >= 4 is 34.0 Å². The van der Waals surface area contributed by atoms with Gasteiger partial charge >= 0.3 is 0 Å². The van der Waals surface area contributed by atoms with Crippen molar-refractivity contribution in [2.75, 3.05) is 10.2 Å². The Labute approximate surface area is 189 Å². The van der Waals surface area contributed by atoms with Crippen LogP contribution in [0.3, 0.4) is 0 Å². The lowest BCUT2D eigenvalue weighted by molar-refractivity contribution is -0.116. The Morgan fingerprint density at radius 3 is 2.47 bits per heavy atom. The quantitative estimate of drug-likeness (QED) is 0.465. The Bertz CT molecular complexity index is 1200. The largest absolute Gasteiger partial charge is 0.321 e. The van der Waals surface area contributed by atoms with E-state index in [-0.39, 0.29) is 11.8 Å². The van der Waals surface area contributed by atoms with Crippen molar-refractivity contribution in [3.63, 3.8) is 0 Å². The van der Waals surface area contributed by atoms with E-state index in [1.165, 1.54) is 24.6 Å². The van der Waals surface area contributed by atoms with Crippen LogP contribution in [0.4, 0.5) is 10.8 Å². The van der Waals surface area contributed by atoms with Gasteiger partial charge in [-0.3, -0.25) is 14.5 Å². The van der Waals surface area contributed by atoms with Crippen LogP contribution in [0.5, 0.6) is 0 Å². The molecule has 2 aromatic carbocycles. The van der Waals surface area contributed by atoms with Crippen molar-refractivity contribution in [3.8, 4) is 0 Å². The normalized spacial score (nSPS) is 10.7. The maximum atomic E-state index is 12.9. The Hall–Kier alpha value is -3.85. The van der Waals surface area contributed by atoms with Crippen LogP contribution in [0, 0.1) is 6.92 Å². The molecule has 9 heteroatoms. The molecule has 0 atom stereocenters. The third kappa shape index (κ3) is 5.06. The Balaban J connectivity index is 1.46. The zero-order valence-electron chi connectivity index (χ0n) is 17.7. The van der Waals surface area contributed by atoms with Gasteiger partial charge in [0.05, 0.1) is 18.8 Å². The molecule has 0 radical (unpaired) electrons. The van der Waals surface area contributed by atoms with E-state index in [1.54, 1.807) is 22.8 Å². The van der Waals surface area contributed by atoms with Crippen molar-refractivity contribution in [1.82, 2.24) is 19.7 Å². The third-order valence-corrected chi connectivity index (χ3v) is 5.99. The molecule has 0 spiro atoms. The summed E-state index contributed by atoms with van der Waals surface area (Å²) in [7, 11) is 0. The molecule has 162 valence electrons. The SMILES string of the molecule is CC(=O)N(Cc1ccccc1)c1nc(C)c(C(=O)Nc2ccc(Cn3cncn3)cc2)s1. The first kappa shape index (κ1) is 21.4. The highest BCUT2D eigenvalue weighted by Crippen LogP contribution is 2.28. The van der Waals surface area contributed by atoms with Crippen molar-refractivity contribution in [2.45, 2.75) is 26.9 Å². The van der Waals surface area contributed by atoms with E-state index in [4.69, 9.17) is 0 Å². The van der Waals surface area contributed by atoms with Crippen LogP contribution in [-0.2, 0) is 17.9 Å². The molecule has 0 fully saturated rings. The number of aromatic nitrogens is 4. The molecule has 0 aliphatic heterocycles. The van der Waals surface area contributed by atoms with Gasteiger partial charge in [-0.05, 0) is 30.2 Å². The molecule has 0 bridgehead atoms. The number of aryl methyl sites for hydroxylation is 1. The molecule has 4 aromatic rings. The number of carbonyl (C=O) groups excluding carboxylic acids is 2. The fraction of sp³-hybridized carbons (Fsp3) is 0.174. The van der Waals surface area contributed by atoms with Crippen molar-refractivity contribution < 1.29 is 9.59 Å². The molecule has 2 amide bonds. The van der Waals surface area contributed by atoms with E-state index in [0.29, 0.717) is 34.5 Å². The predicted octanol–water partition coefficient (Wildman–Crippen LogP) is 3.90. The lowest BCUT2D eigenvalue weighted by atomic mass is 10.2. The molecule has 0 aliphatic carbocycles. The number of rotatable bonds is 7. The fourth-order valence-electron chi connectivity index (χ4n) is 3.17. The smallest absolute Gasteiger partial charge is 0.267 e. The van der Waals surface area contributed by atoms with Crippen LogP contribution < -0.4 is 10.2 Å². The van der Waals surface area contributed by atoms with E-state index in [9.17, 15) is 9.59 Å². The minimum absolute atomic E-state index is 0.127. The summed E-state index contributed by atoms with van der Waals surface area (Å²) in [6.07, 6.45) is 3.15. The second kappa shape index (κ2) is 9.52. The van der Waals surface area contributed by atoms with Gasteiger partial charge in [0.2, 0.25) is 5.91 Å². The summed E-state index contributed by atoms with van der Waals surface area (Å²) in [6.45, 7) is 4.28.